The number of aromatic nitrogens is 2. The van der Waals surface area contributed by atoms with Crippen molar-refractivity contribution in [2.75, 3.05) is 11.5 Å². The maximum atomic E-state index is 11.4. The first-order valence-corrected chi connectivity index (χ1v) is 7.08. The van der Waals surface area contributed by atoms with Gasteiger partial charge in [0, 0.05) is 6.20 Å². The van der Waals surface area contributed by atoms with Crippen molar-refractivity contribution in [3.05, 3.63) is 16.9 Å². The highest BCUT2D eigenvalue weighted by Gasteiger charge is 2.26. The average molecular weight is 279 g/mol. The molecule has 0 amide bonds. The van der Waals surface area contributed by atoms with Crippen LogP contribution in [0.2, 0.25) is 0 Å². The molecule has 1 aliphatic heterocycles. The number of hydrogen-bond donors (Lipinski definition) is 0. The summed E-state index contributed by atoms with van der Waals surface area (Å²) in [6.07, 6.45) is 5.14. The molecule has 2 rings (SSSR count). The van der Waals surface area contributed by atoms with Gasteiger partial charge < -0.3 is 0 Å². The van der Waals surface area contributed by atoms with Gasteiger partial charge in [-0.25, -0.2) is 8.42 Å². The van der Waals surface area contributed by atoms with Crippen LogP contribution in [-0.4, -0.2) is 29.7 Å². The first-order chi connectivity index (χ1) is 6.57. The van der Waals surface area contributed by atoms with E-state index in [1.165, 1.54) is 0 Å². The molecular formula is C8H11BrN2O2S. The summed E-state index contributed by atoms with van der Waals surface area (Å²) < 4.78 is 25.4. The van der Waals surface area contributed by atoms with E-state index in [0.717, 1.165) is 17.3 Å². The van der Waals surface area contributed by atoms with Crippen LogP contribution in [0.25, 0.3) is 0 Å². The second-order valence-corrected chi connectivity index (χ2v) is 6.69. The Morgan fingerprint density at radius 2 is 2.36 bits per heavy atom. The molecule has 1 aromatic rings. The molecule has 6 heteroatoms. The Morgan fingerprint density at radius 1 is 1.57 bits per heavy atom. The van der Waals surface area contributed by atoms with Crippen LogP contribution in [0.5, 0.6) is 0 Å². The molecule has 1 fully saturated rings. The molecule has 4 nitrogen and oxygen atoms in total. The lowest BCUT2D eigenvalue weighted by molar-refractivity contribution is 0.435. The van der Waals surface area contributed by atoms with Gasteiger partial charge in [-0.05, 0) is 28.8 Å². The van der Waals surface area contributed by atoms with E-state index in [4.69, 9.17) is 0 Å². The summed E-state index contributed by atoms with van der Waals surface area (Å²) in [6, 6.07) is 0.0139. The molecule has 0 saturated carbocycles. The minimum Gasteiger partial charge on any atom is -0.268 e. The molecule has 0 aliphatic carbocycles. The van der Waals surface area contributed by atoms with Gasteiger partial charge in [-0.3, -0.25) is 4.68 Å². The molecule has 1 atom stereocenters. The summed E-state index contributed by atoms with van der Waals surface area (Å²) in [4.78, 5) is 0. The fourth-order valence-corrected chi connectivity index (χ4v) is 3.70. The minimum atomic E-state index is -2.85. The van der Waals surface area contributed by atoms with Crippen molar-refractivity contribution < 1.29 is 8.42 Å². The predicted molar refractivity (Wildman–Crippen MR) is 56.9 cm³/mol. The highest BCUT2D eigenvalue weighted by atomic mass is 79.9. The lowest BCUT2D eigenvalue weighted by atomic mass is 10.2. The molecule has 0 N–H and O–H groups in total. The van der Waals surface area contributed by atoms with E-state index < -0.39 is 9.84 Å². The zero-order valence-electron chi connectivity index (χ0n) is 7.56. The van der Waals surface area contributed by atoms with Crippen molar-refractivity contribution in [2.24, 2.45) is 0 Å². The topological polar surface area (TPSA) is 52.0 Å². The van der Waals surface area contributed by atoms with Crippen LogP contribution in [0, 0.1) is 0 Å². The second kappa shape index (κ2) is 3.66. The normalized spacial score (nSPS) is 26.2. The van der Waals surface area contributed by atoms with Gasteiger partial charge >= 0.3 is 0 Å². The van der Waals surface area contributed by atoms with Crippen LogP contribution in [0.3, 0.4) is 0 Å². The van der Waals surface area contributed by atoms with Gasteiger partial charge in [0.05, 0.1) is 28.2 Å². The van der Waals surface area contributed by atoms with Crippen molar-refractivity contribution in [1.82, 2.24) is 9.78 Å². The molecule has 0 spiro atoms. The molecule has 1 aliphatic rings. The summed E-state index contributed by atoms with van der Waals surface area (Å²) in [7, 11) is -2.85. The third-order valence-corrected chi connectivity index (χ3v) is 4.60. The van der Waals surface area contributed by atoms with Gasteiger partial charge in [0.1, 0.15) is 0 Å². The third-order valence-electron chi connectivity index (χ3n) is 2.38. The first-order valence-electron chi connectivity index (χ1n) is 4.47. The standard InChI is InChI=1S/C8H11BrN2O2S/c9-7-4-10-11(5-7)8-2-1-3-14(12,13)6-8/h4-5,8H,1-3,6H2. The van der Waals surface area contributed by atoms with Crippen molar-refractivity contribution in [1.29, 1.82) is 0 Å². The first kappa shape index (κ1) is 10.2. The molecule has 0 radical (unpaired) electrons. The molecule has 1 saturated heterocycles. The lowest BCUT2D eigenvalue weighted by Gasteiger charge is -2.21. The molecule has 14 heavy (non-hydrogen) atoms. The quantitative estimate of drug-likeness (QED) is 0.780. The Labute approximate surface area is 91.4 Å². The van der Waals surface area contributed by atoms with E-state index in [0.29, 0.717) is 5.75 Å². The van der Waals surface area contributed by atoms with Gasteiger partial charge in [0.25, 0.3) is 0 Å². The number of sulfone groups is 1. The Balaban J connectivity index is 2.20. The van der Waals surface area contributed by atoms with Crippen LogP contribution in [0.4, 0.5) is 0 Å². The second-order valence-electron chi connectivity index (χ2n) is 3.55. The highest BCUT2D eigenvalue weighted by molar-refractivity contribution is 9.10. The monoisotopic (exact) mass is 278 g/mol. The smallest absolute Gasteiger partial charge is 0.152 e. The number of hydrogen-bond acceptors (Lipinski definition) is 3. The fourth-order valence-electron chi connectivity index (χ4n) is 1.72. The average Bonchev–Trinajstić information content (AvgIpc) is 2.50. The van der Waals surface area contributed by atoms with Crippen LogP contribution in [0.1, 0.15) is 18.9 Å². The maximum absolute atomic E-state index is 11.4. The zero-order chi connectivity index (χ0) is 10.2. The van der Waals surface area contributed by atoms with Crippen LogP contribution in [-0.2, 0) is 9.84 Å². The van der Waals surface area contributed by atoms with E-state index in [1.807, 2.05) is 6.20 Å². The van der Waals surface area contributed by atoms with Gasteiger partial charge in [-0.15, -0.1) is 0 Å². The minimum absolute atomic E-state index is 0.0139. The highest BCUT2D eigenvalue weighted by Crippen LogP contribution is 2.23. The fraction of sp³-hybridized carbons (Fsp3) is 0.625. The summed E-state index contributed by atoms with van der Waals surface area (Å²) >= 11 is 3.29. The predicted octanol–water partition coefficient (Wildman–Crippen LogP) is 1.40. The number of nitrogens with zero attached hydrogens (tertiary/aromatic N) is 2. The summed E-state index contributed by atoms with van der Waals surface area (Å²) in [5.74, 6) is 0.549. The van der Waals surface area contributed by atoms with Crippen LogP contribution in [0.15, 0.2) is 16.9 Å². The van der Waals surface area contributed by atoms with E-state index >= 15 is 0 Å². The van der Waals surface area contributed by atoms with Crippen molar-refractivity contribution >= 4 is 25.8 Å². The molecule has 2 heterocycles. The number of halogens is 1. The van der Waals surface area contributed by atoms with Crippen LogP contribution >= 0.6 is 15.9 Å². The third kappa shape index (κ3) is 2.17. The van der Waals surface area contributed by atoms with Gasteiger partial charge in [-0.1, -0.05) is 0 Å². The largest absolute Gasteiger partial charge is 0.268 e. The SMILES string of the molecule is O=S1(=O)CCCC(n2cc(Br)cn2)C1. The van der Waals surface area contributed by atoms with Crippen LogP contribution < -0.4 is 0 Å². The zero-order valence-corrected chi connectivity index (χ0v) is 9.96. The molecule has 1 aromatic heterocycles. The maximum Gasteiger partial charge on any atom is 0.152 e. The van der Waals surface area contributed by atoms with Gasteiger partial charge in [0.2, 0.25) is 0 Å². The van der Waals surface area contributed by atoms with Gasteiger partial charge in [0.15, 0.2) is 9.84 Å². The van der Waals surface area contributed by atoms with Crippen molar-refractivity contribution in [3.63, 3.8) is 0 Å². The molecule has 78 valence electrons. The summed E-state index contributed by atoms with van der Waals surface area (Å²) in [5, 5.41) is 4.11. The Bertz CT molecular complexity index is 426. The molecule has 0 aromatic carbocycles. The van der Waals surface area contributed by atoms with Crippen molar-refractivity contribution in [3.8, 4) is 0 Å². The Kier molecular flexibility index (Phi) is 2.66. The Hall–Kier alpha value is -0.360. The molecular weight excluding hydrogens is 268 g/mol. The van der Waals surface area contributed by atoms with E-state index in [1.54, 1.807) is 10.9 Å². The molecule has 0 bridgehead atoms. The van der Waals surface area contributed by atoms with Crippen molar-refractivity contribution in [2.45, 2.75) is 18.9 Å². The van der Waals surface area contributed by atoms with E-state index in [9.17, 15) is 8.42 Å². The summed E-state index contributed by atoms with van der Waals surface area (Å²) in [5.41, 5.74) is 0. The lowest BCUT2D eigenvalue weighted by Crippen LogP contribution is -2.27. The Morgan fingerprint density at radius 3 is 2.93 bits per heavy atom. The number of rotatable bonds is 1. The van der Waals surface area contributed by atoms with E-state index in [-0.39, 0.29) is 11.8 Å². The van der Waals surface area contributed by atoms with Gasteiger partial charge in [-0.2, -0.15) is 5.10 Å². The van der Waals surface area contributed by atoms with E-state index in [2.05, 4.69) is 21.0 Å². The summed E-state index contributed by atoms with van der Waals surface area (Å²) in [6.45, 7) is 0. The molecule has 1 unspecified atom stereocenters.